The van der Waals surface area contributed by atoms with Crippen LogP contribution in [0.4, 0.5) is 5.69 Å². The molecule has 3 aromatic carbocycles. The molecule has 39 heavy (non-hydrogen) atoms. The van der Waals surface area contributed by atoms with Crippen LogP contribution in [0.2, 0.25) is 0 Å². The van der Waals surface area contributed by atoms with E-state index in [1.165, 1.54) is 17.0 Å². The van der Waals surface area contributed by atoms with Gasteiger partial charge in [0.15, 0.2) is 0 Å². The van der Waals surface area contributed by atoms with Crippen LogP contribution in [0.3, 0.4) is 0 Å². The van der Waals surface area contributed by atoms with Crippen molar-refractivity contribution in [3.05, 3.63) is 95.6 Å². The van der Waals surface area contributed by atoms with Crippen molar-refractivity contribution < 1.29 is 18.0 Å². The van der Waals surface area contributed by atoms with Crippen molar-refractivity contribution in [3.63, 3.8) is 0 Å². The van der Waals surface area contributed by atoms with Crippen LogP contribution in [-0.2, 0) is 26.2 Å². The van der Waals surface area contributed by atoms with E-state index in [-0.39, 0.29) is 23.3 Å². The van der Waals surface area contributed by atoms with Crippen LogP contribution < -0.4 is 9.62 Å². The van der Waals surface area contributed by atoms with Gasteiger partial charge in [0, 0.05) is 13.1 Å². The molecule has 0 aliphatic heterocycles. The highest BCUT2D eigenvalue weighted by Crippen LogP contribution is 2.25. The third kappa shape index (κ3) is 7.69. The molecule has 0 radical (unpaired) electrons. The van der Waals surface area contributed by atoms with Gasteiger partial charge in [0.25, 0.3) is 10.0 Å². The van der Waals surface area contributed by atoms with Crippen molar-refractivity contribution in [2.75, 3.05) is 17.4 Å². The van der Waals surface area contributed by atoms with Gasteiger partial charge < -0.3 is 10.2 Å². The molecule has 0 aliphatic rings. The second-order valence-electron chi connectivity index (χ2n) is 10.2. The summed E-state index contributed by atoms with van der Waals surface area (Å²) in [5.41, 5.74) is 3.23. The highest BCUT2D eigenvalue weighted by molar-refractivity contribution is 7.92. The zero-order valence-electron chi connectivity index (χ0n) is 23.4. The van der Waals surface area contributed by atoms with E-state index in [1.807, 2.05) is 71.0 Å². The number of nitrogens with zero attached hydrogens (tertiary/aromatic N) is 2. The van der Waals surface area contributed by atoms with Gasteiger partial charge in [0.2, 0.25) is 11.8 Å². The average Bonchev–Trinajstić information content (AvgIpc) is 2.92. The quantitative estimate of drug-likeness (QED) is 0.341. The summed E-state index contributed by atoms with van der Waals surface area (Å²) in [5.74, 6) is -0.453. The number of hydrogen-bond acceptors (Lipinski definition) is 4. The van der Waals surface area contributed by atoms with Crippen molar-refractivity contribution in [2.24, 2.45) is 5.92 Å². The second-order valence-corrected chi connectivity index (χ2v) is 12.0. The van der Waals surface area contributed by atoms with Gasteiger partial charge in [-0.2, -0.15) is 0 Å². The molecule has 208 valence electrons. The van der Waals surface area contributed by atoms with Crippen LogP contribution in [-0.4, -0.2) is 44.3 Å². The van der Waals surface area contributed by atoms with Crippen molar-refractivity contribution in [1.29, 1.82) is 0 Å². The van der Waals surface area contributed by atoms with E-state index in [2.05, 4.69) is 5.32 Å². The lowest BCUT2D eigenvalue weighted by molar-refractivity contribution is -0.140. The second kappa shape index (κ2) is 13.4. The summed E-state index contributed by atoms with van der Waals surface area (Å²) in [7, 11) is -4.07. The zero-order valence-corrected chi connectivity index (χ0v) is 24.2. The standard InChI is InChI=1S/C31H39N3O4S/c1-6-29(31(36)32-20-23(2)3)33(21-26-13-11-10-12-25(26)5)30(35)22-34(27-18-16-24(4)17-19-27)39(37,38)28-14-8-7-9-15-28/h7-19,23,29H,6,20-22H2,1-5H3,(H,32,36). The van der Waals surface area contributed by atoms with Gasteiger partial charge in [0.05, 0.1) is 10.6 Å². The van der Waals surface area contributed by atoms with Crippen molar-refractivity contribution in [1.82, 2.24) is 10.2 Å². The summed E-state index contributed by atoms with van der Waals surface area (Å²) < 4.78 is 28.8. The van der Waals surface area contributed by atoms with Crippen molar-refractivity contribution in [3.8, 4) is 0 Å². The number of rotatable bonds is 12. The number of amides is 2. The minimum Gasteiger partial charge on any atom is -0.354 e. The Kier molecular flexibility index (Phi) is 10.3. The van der Waals surface area contributed by atoms with Crippen LogP contribution in [0.5, 0.6) is 0 Å². The summed E-state index contributed by atoms with van der Waals surface area (Å²) in [6, 6.07) is 22.0. The Morgan fingerprint density at radius 3 is 2.08 bits per heavy atom. The highest BCUT2D eigenvalue weighted by Gasteiger charge is 2.33. The Bertz CT molecular complexity index is 1360. The van der Waals surface area contributed by atoms with Gasteiger partial charge in [-0.15, -0.1) is 0 Å². The predicted octanol–water partition coefficient (Wildman–Crippen LogP) is 5.08. The van der Waals surface area contributed by atoms with Crippen LogP contribution in [0, 0.1) is 19.8 Å². The lowest BCUT2D eigenvalue weighted by Crippen LogP contribution is -2.52. The average molecular weight is 550 g/mol. The van der Waals surface area contributed by atoms with Gasteiger partial charge in [-0.3, -0.25) is 13.9 Å². The van der Waals surface area contributed by atoms with E-state index >= 15 is 0 Å². The van der Waals surface area contributed by atoms with Gasteiger partial charge in [0.1, 0.15) is 12.6 Å². The van der Waals surface area contributed by atoms with Gasteiger partial charge in [-0.25, -0.2) is 8.42 Å². The smallest absolute Gasteiger partial charge is 0.264 e. The number of sulfonamides is 1. The summed E-state index contributed by atoms with van der Waals surface area (Å²) in [5, 5.41) is 2.95. The first-order chi connectivity index (χ1) is 18.5. The van der Waals surface area contributed by atoms with E-state index in [0.717, 1.165) is 21.0 Å². The predicted molar refractivity (Wildman–Crippen MR) is 156 cm³/mol. The summed E-state index contributed by atoms with van der Waals surface area (Å²) in [6.45, 7) is 9.96. The maximum atomic E-state index is 14.1. The Morgan fingerprint density at radius 1 is 0.872 bits per heavy atom. The molecule has 3 rings (SSSR count). The van der Waals surface area contributed by atoms with Crippen LogP contribution in [0.25, 0.3) is 0 Å². The monoisotopic (exact) mass is 549 g/mol. The maximum absolute atomic E-state index is 14.1. The van der Waals surface area contributed by atoms with Gasteiger partial charge >= 0.3 is 0 Å². The Hall–Kier alpha value is -3.65. The van der Waals surface area contributed by atoms with E-state index in [4.69, 9.17) is 0 Å². The Balaban J connectivity index is 2.04. The summed E-state index contributed by atoms with van der Waals surface area (Å²) in [4.78, 5) is 28.9. The molecule has 7 nitrogen and oxygen atoms in total. The van der Waals surface area contributed by atoms with Crippen LogP contribution in [0.1, 0.15) is 43.9 Å². The van der Waals surface area contributed by atoms with Gasteiger partial charge in [-0.1, -0.05) is 80.9 Å². The van der Waals surface area contributed by atoms with E-state index in [9.17, 15) is 18.0 Å². The Morgan fingerprint density at radius 2 is 1.49 bits per heavy atom. The molecule has 2 amide bonds. The molecule has 1 atom stereocenters. The van der Waals surface area contributed by atoms with Crippen LogP contribution >= 0.6 is 0 Å². The largest absolute Gasteiger partial charge is 0.354 e. The topological polar surface area (TPSA) is 86.8 Å². The fourth-order valence-corrected chi connectivity index (χ4v) is 5.71. The lowest BCUT2D eigenvalue weighted by Gasteiger charge is -2.33. The number of nitrogens with one attached hydrogen (secondary N) is 1. The molecule has 0 heterocycles. The number of benzene rings is 3. The van der Waals surface area contributed by atoms with Gasteiger partial charge in [-0.05, 0) is 61.6 Å². The van der Waals surface area contributed by atoms with E-state index in [0.29, 0.717) is 18.7 Å². The SMILES string of the molecule is CCC(C(=O)NCC(C)C)N(Cc1ccccc1C)C(=O)CN(c1ccc(C)cc1)S(=O)(=O)c1ccccc1. The minimum absolute atomic E-state index is 0.0885. The molecule has 0 aliphatic carbocycles. The summed E-state index contributed by atoms with van der Waals surface area (Å²) in [6.07, 6.45) is 0.386. The molecule has 0 saturated carbocycles. The first-order valence-electron chi connectivity index (χ1n) is 13.3. The first kappa shape index (κ1) is 29.9. The number of anilines is 1. The zero-order chi connectivity index (χ0) is 28.6. The van der Waals surface area contributed by atoms with Crippen LogP contribution in [0.15, 0.2) is 83.8 Å². The fourth-order valence-electron chi connectivity index (χ4n) is 4.27. The third-order valence-electron chi connectivity index (χ3n) is 6.60. The van der Waals surface area contributed by atoms with Crippen molar-refractivity contribution in [2.45, 2.75) is 58.5 Å². The van der Waals surface area contributed by atoms with E-state index in [1.54, 1.807) is 30.3 Å². The molecule has 0 bridgehead atoms. The van der Waals surface area contributed by atoms with E-state index < -0.39 is 28.5 Å². The third-order valence-corrected chi connectivity index (χ3v) is 8.39. The van der Waals surface area contributed by atoms with Crippen molar-refractivity contribution >= 4 is 27.5 Å². The molecular weight excluding hydrogens is 510 g/mol. The molecule has 0 spiro atoms. The fraction of sp³-hybridized carbons (Fsp3) is 0.355. The molecule has 0 aromatic heterocycles. The maximum Gasteiger partial charge on any atom is 0.264 e. The Labute approximate surface area is 232 Å². The molecule has 1 N–H and O–H groups in total. The molecular formula is C31H39N3O4S. The minimum atomic E-state index is -4.07. The highest BCUT2D eigenvalue weighted by atomic mass is 32.2. The molecule has 8 heteroatoms. The first-order valence-corrected chi connectivity index (χ1v) is 14.7. The number of carbonyl (C=O) groups excluding carboxylic acids is 2. The summed E-state index contributed by atoms with van der Waals surface area (Å²) >= 11 is 0. The lowest BCUT2D eigenvalue weighted by atomic mass is 10.1. The normalized spacial score (nSPS) is 12.2. The number of aryl methyl sites for hydroxylation is 2. The number of carbonyl (C=O) groups is 2. The molecule has 0 saturated heterocycles. The number of hydrogen-bond donors (Lipinski definition) is 1. The molecule has 0 fully saturated rings. The molecule has 1 unspecified atom stereocenters. The molecule has 3 aromatic rings.